The van der Waals surface area contributed by atoms with Crippen LogP contribution >= 0.6 is 0 Å². The molecular weight excluding hydrogens is 478 g/mol. The number of rotatable bonds is 7. The van der Waals surface area contributed by atoms with Crippen LogP contribution in [0.2, 0.25) is 0 Å². The third-order valence-electron chi connectivity index (χ3n) is 7.45. The molecule has 8 heteroatoms. The van der Waals surface area contributed by atoms with E-state index in [1.807, 2.05) is 12.3 Å². The molecule has 0 spiro atoms. The second-order valence-corrected chi connectivity index (χ2v) is 9.88. The smallest absolute Gasteiger partial charge is 0.251 e. The molecule has 0 unspecified atom stereocenters. The summed E-state index contributed by atoms with van der Waals surface area (Å²) in [6, 6.07) is 14.0. The van der Waals surface area contributed by atoms with E-state index in [0.717, 1.165) is 40.6 Å². The molecule has 3 heterocycles. The number of aryl methyl sites for hydroxylation is 1. The van der Waals surface area contributed by atoms with E-state index in [0.29, 0.717) is 29.4 Å². The Labute approximate surface area is 221 Å². The van der Waals surface area contributed by atoms with Crippen molar-refractivity contribution in [1.29, 1.82) is 0 Å². The number of benzene rings is 2. The first-order chi connectivity index (χ1) is 18.5. The fourth-order valence-corrected chi connectivity index (χ4v) is 5.40. The van der Waals surface area contributed by atoms with Crippen molar-refractivity contribution in [3.8, 4) is 22.8 Å². The molecule has 5 aromatic rings. The fraction of sp³-hybridized carbons (Fsp3) is 0.300. The number of ether oxygens (including phenoxy) is 2. The Hall–Kier alpha value is -4.33. The summed E-state index contributed by atoms with van der Waals surface area (Å²) in [5.74, 6) is 1.70. The molecule has 1 fully saturated rings. The minimum absolute atomic E-state index is 0.154. The number of carbonyl (C=O) groups is 1. The van der Waals surface area contributed by atoms with E-state index >= 15 is 0 Å². The van der Waals surface area contributed by atoms with E-state index < -0.39 is 0 Å². The molecule has 2 N–H and O–H groups in total. The number of aromatic amines is 1. The van der Waals surface area contributed by atoms with Crippen molar-refractivity contribution in [3.05, 3.63) is 71.8 Å². The highest BCUT2D eigenvalue weighted by Gasteiger charge is 2.23. The van der Waals surface area contributed by atoms with Crippen LogP contribution in [0.15, 0.2) is 54.9 Å². The maximum atomic E-state index is 12.1. The molecule has 38 heavy (non-hydrogen) atoms. The first-order valence-corrected chi connectivity index (χ1v) is 13.0. The third-order valence-corrected chi connectivity index (χ3v) is 7.45. The van der Waals surface area contributed by atoms with Gasteiger partial charge in [-0.3, -0.25) is 4.79 Å². The molecule has 0 aliphatic heterocycles. The zero-order valence-electron chi connectivity index (χ0n) is 21.9. The number of hydrogen-bond acceptors (Lipinski definition) is 5. The average molecular weight is 510 g/mol. The number of nitrogens with zero attached hydrogens (tertiary/aromatic N) is 3. The van der Waals surface area contributed by atoms with Crippen molar-refractivity contribution in [1.82, 2.24) is 24.8 Å². The second-order valence-electron chi connectivity index (χ2n) is 9.88. The van der Waals surface area contributed by atoms with Crippen LogP contribution in [0.25, 0.3) is 33.1 Å². The first-order valence-electron chi connectivity index (χ1n) is 13.0. The van der Waals surface area contributed by atoms with E-state index in [1.54, 1.807) is 26.3 Å². The minimum atomic E-state index is -0.160. The number of nitrogens with one attached hydrogen (secondary N) is 2. The molecule has 1 aliphatic rings. The number of fused-ring (bicyclic) bond motifs is 2. The normalized spacial score (nSPS) is 13.9. The van der Waals surface area contributed by atoms with Crippen LogP contribution in [-0.2, 0) is 13.5 Å². The van der Waals surface area contributed by atoms with Gasteiger partial charge in [0, 0.05) is 60.5 Å². The predicted octanol–water partition coefficient (Wildman–Crippen LogP) is 5.40. The van der Waals surface area contributed by atoms with Crippen molar-refractivity contribution < 1.29 is 14.3 Å². The number of aromatic nitrogens is 4. The summed E-state index contributed by atoms with van der Waals surface area (Å²) in [5, 5.41) is 4.73. The molecular formula is C30H31N5O3. The number of methoxy groups -OCH3 is 1. The number of hydrogen-bond donors (Lipinski definition) is 2. The summed E-state index contributed by atoms with van der Waals surface area (Å²) in [4.78, 5) is 25.3. The predicted molar refractivity (Wildman–Crippen MR) is 148 cm³/mol. The molecule has 1 aliphatic carbocycles. The number of H-pyrrole nitrogens is 1. The van der Waals surface area contributed by atoms with E-state index in [-0.39, 0.29) is 12.0 Å². The molecule has 3 aromatic heterocycles. The highest BCUT2D eigenvalue weighted by Crippen LogP contribution is 2.37. The Morgan fingerprint density at radius 1 is 1.13 bits per heavy atom. The Morgan fingerprint density at radius 3 is 2.76 bits per heavy atom. The molecule has 6 rings (SSSR count). The lowest BCUT2D eigenvalue weighted by Gasteiger charge is -2.15. The largest absolute Gasteiger partial charge is 0.496 e. The molecule has 0 atom stereocenters. The maximum absolute atomic E-state index is 12.1. The lowest BCUT2D eigenvalue weighted by atomic mass is 10.0. The Kier molecular flexibility index (Phi) is 6.23. The fourth-order valence-electron chi connectivity index (χ4n) is 5.40. The molecule has 2 aromatic carbocycles. The number of carbonyl (C=O) groups excluding carboxylic acids is 1. The lowest BCUT2D eigenvalue weighted by Crippen LogP contribution is -2.18. The Morgan fingerprint density at radius 2 is 1.97 bits per heavy atom. The van der Waals surface area contributed by atoms with Gasteiger partial charge >= 0.3 is 0 Å². The summed E-state index contributed by atoms with van der Waals surface area (Å²) >= 11 is 0. The van der Waals surface area contributed by atoms with Gasteiger partial charge in [-0.15, -0.1) is 0 Å². The lowest BCUT2D eigenvalue weighted by molar-refractivity contribution is 0.0962. The monoisotopic (exact) mass is 509 g/mol. The van der Waals surface area contributed by atoms with Crippen molar-refractivity contribution in [2.24, 2.45) is 7.05 Å². The van der Waals surface area contributed by atoms with Gasteiger partial charge in [-0.2, -0.15) is 4.98 Å². The highest BCUT2D eigenvalue weighted by atomic mass is 16.5. The Balaban J connectivity index is 1.42. The van der Waals surface area contributed by atoms with Gasteiger partial charge in [-0.05, 0) is 61.6 Å². The molecule has 0 radical (unpaired) electrons. The van der Waals surface area contributed by atoms with Gasteiger partial charge in [0.15, 0.2) is 0 Å². The maximum Gasteiger partial charge on any atom is 0.251 e. The van der Waals surface area contributed by atoms with E-state index in [9.17, 15) is 4.79 Å². The SMILES string of the molecule is CNC(=O)c1ccc(Cc2nc(OC3CCCC3)c3c(-c4ccc5c(ccn5C)c4)c[nH]c3n2)c(OC)c1. The summed E-state index contributed by atoms with van der Waals surface area (Å²) < 4.78 is 14.3. The third kappa shape index (κ3) is 4.36. The number of amides is 1. The van der Waals surface area contributed by atoms with Crippen LogP contribution in [0.3, 0.4) is 0 Å². The second kappa shape index (κ2) is 9.85. The van der Waals surface area contributed by atoms with Crippen LogP contribution in [0, 0.1) is 0 Å². The summed E-state index contributed by atoms with van der Waals surface area (Å²) in [6.45, 7) is 0. The molecule has 194 valence electrons. The van der Waals surface area contributed by atoms with Crippen LogP contribution < -0.4 is 14.8 Å². The average Bonchev–Trinajstić information content (AvgIpc) is 3.69. The summed E-state index contributed by atoms with van der Waals surface area (Å²) in [5.41, 5.74) is 5.48. The van der Waals surface area contributed by atoms with Gasteiger partial charge in [-0.1, -0.05) is 12.1 Å². The first kappa shape index (κ1) is 24.0. The Bertz CT molecular complexity index is 1650. The van der Waals surface area contributed by atoms with Gasteiger partial charge < -0.3 is 24.3 Å². The van der Waals surface area contributed by atoms with Crippen LogP contribution in [-0.4, -0.2) is 45.7 Å². The van der Waals surface area contributed by atoms with Gasteiger partial charge in [-0.25, -0.2) is 4.98 Å². The van der Waals surface area contributed by atoms with E-state index in [1.165, 1.54) is 23.7 Å². The van der Waals surface area contributed by atoms with E-state index in [4.69, 9.17) is 19.4 Å². The molecule has 1 amide bonds. The van der Waals surface area contributed by atoms with Crippen molar-refractivity contribution in [2.45, 2.75) is 38.2 Å². The topological polar surface area (TPSA) is 94.1 Å². The summed E-state index contributed by atoms with van der Waals surface area (Å²) in [6.07, 6.45) is 9.07. The van der Waals surface area contributed by atoms with Crippen molar-refractivity contribution >= 4 is 27.8 Å². The molecule has 1 saturated carbocycles. The van der Waals surface area contributed by atoms with Crippen molar-refractivity contribution in [3.63, 3.8) is 0 Å². The zero-order valence-corrected chi connectivity index (χ0v) is 21.9. The quantitative estimate of drug-likeness (QED) is 0.307. The molecule has 8 nitrogen and oxygen atoms in total. The van der Waals surface area contributed by atoms with Crippen LogP contribution in [0.5, 0.6) is 11.6 Å². The zero-order chi connectivity index (χ0) is 26.2. The van der Waals surface area contributed by atoms with Crippen LogP contribution in [0.4, 0.5) is 0 Å². The minimum Gasteiger partial charge on any atom is -0.496 e. The molecule has 0 bridgehead atoms. The standard InChI is InChI=1S/C30H31N5O3/c1-31-29(36)21-9-8-20(25(15-21)37-3)16-26-33-28-27(30(34-26)38-22-6-4-5-7-22)23(17-32-28)18-10-11-24-19(14-18)12-13-35(24)2/h8-15,17,22H,4-7,16H2,1-3H3,(H,31,36)(H,32,33,34). The van der Waals surface area contributed by atoms with Gasteiger partial charge in [0.25, 0.3) is 5.91 Å². The molecule has 0 saturated heterocycles. The van der Waals surface area contributed by atoms with Gasteiger partial charge in [0.05, 0.1) is 12.5 Å². The van der Waals surface area contributed by atoms with Crippen molar-refractivity contribution in [2.75, 3.05) is 14.2 Å². The van der Waals surface area contributed by atoms with Gasteiger partial charge in [0.2, 0.25) is 5.88 Å². The summed E-state index contributed by atoms with van der Waals surface area (Å²) in [7, 11) is 5.27. The highest BCUT2D eigenvalue weighted by molar-refractivity contribution is 5.99. The van der Waals surface area contributed by atoms with Gasteiger partial charge in [0.1, 0.15) is 23.3 Å². The van der Waals surface area contributed by atoms with E-state index in [2.05, 4.69) is 52.4 Å². The van der Waals surface area contributed by atoms with Crippen LogP contribution in [0.1, 0.15) is 47.4 Å².